The third-order valence-electron chi connectivity index (χ3n) is 3.39. The van der Waals surface area contributed by atoms with Crippen LogP contribution in [0.2, 0.25) is 0 Å². The molecule has 1 aromatic rings. The summed E-state index contributed by atoms with van der Waals surface area (Å²) < 4.78 is 7.39. The second-order valence-corrected chi connectivity index (χ2v) is 5.36. The van der Waals surface area contributed by atoms with Crippen molar-refractivity contribution >= 4 is 17.2 Å². The van der Waals surface area contributed by atoms with Gasteiger partial charge in [0, 0.05) is 18.8 Å². The first kappa shape index (κ1) is 14.2. The number of thiocarbonyl (C=S) groups is 1. The molecule has 2 N–H and O–H groups in total. The van der Waals surface area contributed by atoms with Crippen molar-refractivity contribution in [3.05, 3.63) is 33.7 Å². The van der Waals surface area contributed by atoms with E-state index < -0.39 is 0 Å². The maximum atomic E-state index is 12.3. The Morgan fingerprint density at radius 2 is 2.32 bits per heavy atom. The van der Waals surface area contributed by atoms with Crippen molar-refractivity contribution in [3.8, 4) is 0 Å². The molecule has 2 heterocycles. The fraction of sp³-hybridized carbons (Fsp3) is 0.538. The molecule has 1 unspecified atom stereocenters. The van der Waals surface area contributed by atoms with E-state index in [-0.39, 0.29) is 16.7 Å². The SMILES string of the molecule is Cc1ccc(C(N)=S)c(=O)n1CC1CN(C)CCO1. The van der Waals surface area contributed by atoms with Gasteiger partial charge >= 0.3 is 0 Å². The van der Waals surface area contributed by atoms with Crippen LogP contribution in [0.5, 0.6) is 0 Å². The van der Waals surface area contributed by atoms with Crippen LogP contribution >= 0.6 is 12.2 Å². The Morgan fingerprint density at radius 1 is 1.58 bits per heavy atom. The summed E-state index contributed by atoms with van der Waals surface area (Å²) in [4.78, 5) is 14.7. The molecule has 1 saturated heterocycles. The van der Waals surface area contributed by atoms with Gasteiger partial charge in [-0.3, -0.25) is 4.79 Å². The summed E-state index contributed by atoms with van der Waals surface area (Å²) in [6.07, 6.45) is 0.0248. The van der Waals surface area contributed by atoms with Crippen LogP contribution in [0.25, 0.3) is 0 Å². The zero-order valence-electron chi connectivity index (χ0n) is 11.3. The zero-order chi connectivity index (χ0) is 14.0. The van der Waals surface area contributed by atoms with E-state index in [1.807, 2.05) is 13.0 Å². The minimum atomic E-state index is -0.135. The summed E-state index contributed by atoms with van der Waals surface area (Å²) in [6, 6.07) is 3.55. The quantitative estimate of drug-likeness (QED) is 0.798. The van der Waals surface area contributed by atoms with Crippen LogP contribution in [0, 0.1) is 6.92 Å². The fourth-order valence-corrected chi connectivity index (χ4v) is 2.42. The van der Waals surface area contributed by atoms with Gasteiger partial charge in [-0.15, -0.1) is 0 Å². The molecule has 1 aliphatic rings. The van der Waals surface area contributed by atoms with Gasteiger partial charge in [0.2, 0.25) is 0 Å². The minimum Gasteiger partial charge on any atom is -0.389 e. The predicted octanol–water partition coefficient (Wildman–Crippen LogP) is 0.122. The van der Waals surface area contributed by atoms with E-state index in [0.29, 0.717) is 18.7 Å². The van der Waals surface area contributed by atoms with Crippen molar-refractivity contribution in [1.29, 1.82) is 0 Å². The van der Waals surface area contributed by atoms with Crippen LogP contribution in [-0.4, -0.2) is 47.3 Å². The molecule has 104 valence electrons. The number of hydrogen-bond donors (Lipinski definition) is 1. The van der Waals surface area contributed by atoms with Crippen molar-refractivity contribution < 1.29 is 4.74 Å². The summed E-state index contributed by atoms with van der Waals surface area (Å²) >= 11 is 4.90. The molecule has 1 atom stereocenters. The Kier molecular flexibility index (Phi) is 4.34. The fourth-order valence-electron chi connectivity index (χ4n) is 2.27. The summed E-state index contributed by atoms with van der Waals surface area (Å²) in [6.45, 7) is 4.88. The second kappa shape index (κ2) is 5.81. The lowest BCUT2D eigenvalue weighted by atomic mass is 10.2. The monoisotopic (exact) mass is 281 g/mol. The average molecular weight is 281 g/mol. The van der Waals surface area contributed by atoms with E-state index in [0.717, 1.165) is 18.8 Å². The van der Waals surface area contributed by atoms with E-state index in [1.165, 1.54) is 0 Å². The van der Waals surface area contributed by atoms with E-state index >= 15 is 0 Å². The van der Waals surface area contributed by atoms with E-state index in [9.17, 15) is 4.79 Å². The van der Waals surface area contributed by atoms with E-state index in [1.54, 1.807) is 10.6 Å². The van der Waals surface area contributed by atoms with Crippen molar-refractivity contribution in [2.75, 3.05) is 26.7 Å². The summed E-state index contributed by atoms with van der Waals surface area (Å²) in [5, 5.41) is 0. The average Bonchev–Trinajstić information content (AvgIpc) is 2.34. The minimum absolute atomic E-state index is 0.0248. The highest BCUT2D eigenvalue weighted by Gasteiger charge is 2.20. The lowest BCUT2D eigenvalue weighted by Crippen LogP contribution is -2.44. The largest absolute Gasteiger partial charge is 0.389 e. The van der Waals surface area contributed by atoms with Crippen LogP contribution < -0.4 is 11.3 Å². The molecule has 5 nitrogen and oxygen atoms in total. The maximum absolute atomic E-state index is 12.3. The Morgan fingerprint density at radius 3 is 2.95 bits per heavy atom. The standard InChI is InChI=1S/C13H19N3O2S/c1-9-3-4-11(12(14)19)13(17)16(9)8-10-7-15(2)5-6-18-10/h3-4,10H,5-8H2,1-2H3,(H2,14,19). The number of nitrogens with two attached hydrogens (primary N) is 1. The molecule has 1 aliphatic heterocycles. The zero-order valence-corrected chi connectivity index (χ0v) is 12.1. The third-order valence-corrected chi connectivity index (χ3v) is 3.61. The molecule has 1 fully saturated rings. The van der Waals surface area contributed by atoms with Gasteiger partial charge in [-0.1, -0.05) is 12.2 Å². The molecular formula is C13H19N3O2S. The van der Waals surface area contributed by atoms with Gasteiger partial charge in [0.25, 0.3) is 5.56 Å². The number of aryl methyl sites for hydroxylation is 1. The van der Waals surface area contributed by atoms with Crippen LogP contribution in [0.15, 0.2) is 16.9 Å². The van der Waals surface area contributed by atoms with Crippen LogP contribution in [0.4, 0.5) is 0 Å². The van der Waals surface area contributed by atoms with Gasteiger partial charge < -0.3 is 19.9 Å². The molecular weight excluding hydrogens is 262 g/mol. The van der Waals surface area contributed by atoms with E-state index in [2.05, 4.69) is 11.9 Å². The highest BCUT2D eigenvalue weighted by atomic mass is 32.1. The Hall–Kier alpha value is -1.24. The summed E-state index contributed by atoms with van der Waals surface area (Å²) in [5.74, 6) is 0. The highest BCUT2D eigenvalue weighted by Crippen LogP contribution is 2.07. The molecule has 0 aromatic carbocycles. The Bertz CT molecular complexity index is 541. The van der Waals surface area contributed by atoms with Crippen LogP contribution in [0.3, 0.4) is 0 Å². The first-order valence-electron chi connectivity index (χ1n) is 6.29. The molecule has 0 spiro atoms. The summed E-state index contributed by atoms with van der Waals surface area (Å²) in [5.41, 5.74) is 6.72. The molecule has 0 bridgehead atoms. The van der Waals surface area contributed by atoms with Gasteiger partial charge in [-0.25, -0.2) is 0 Å². The third kappa shape index (κ3) is 3.20. The molecule has 0 aliphatic carbocycles. The van der Waals surface area contributed by atoms with Crippen LogP contribution in [-0.2, 0) is 11.3 Å². The smallest absolute Gasteiger partial charge is 0.261 e. The summed E-state index contributed by atoms with van der Waals surface area (Å²) in [7, 11) is 2.05. The molecule has 2 rings (SSSR count). The van der Waals surface area contributed by atoms with Gasteiger partial charge in [0.05, 0.1) is 24.8 Å². The van der Waals surface area contributed by atoms with E-state index in [4.69, 9.17) is 22.7 Å². The normalized spacial score (nSPS) is 20.4. The molecule has 19 heavy (non-hydrogen) atoms. The van der Waals surface area contributed by atoms with Gasteiger partial charge in [-0.2, -0.15) is 0 Å². The predicted molar refractivity (Wildman–Crippen MR) is 78.6 cm³/mol. The van der Waals surface area contributed by atoms with Gasteiger partial charge in [-0.05, 0) is 26.1 Å². The Balaban J connectivity index is 2.26. The van der Waals surface area contributed by atoms with Gasteiger partial charge in [0.1, 0.15) is 4.99 Å². The van der Waals surface area contributed by atoms with Gasteiger partial charge in [0.15, 0.2) is 0 Å². The van der Waals surface area contributed by atoms with Crippen molar-refractivity contribution in [3.63, 3.8) is 0 Å². The highest BCUT2D eigenvalue weighted by molar-refractivity contribution is 7.80. The number of hydrogen-bond acceptors (Lipinski definition) is 4. The molecule has 0 amide bonds. The first-order valence-corrected chi connectivity index (χ1v) is 6.70. The van der Waals surface area contributed by atoms with Crippen molar-refractivity contribution in [2.45, 2.75) is 19.6 Å². The number of nitrogens with zero attached hydrogens (tertiary/aromatic N) is 2. The molecule has 6 heteroatoms. The van der Waals surface area contributed by atoms with Crippen molar-refractivity contribution in [2.24, 2.45) is 5.73 Å². The number of rotatable bonds is 3. The number of aromatic nitrogens is 1. The number of morpholine rings is 1. The maximum Gasteiger partial charge on any atom is 0.261 e. The first-order chi connectivity index (χ1) is 8.99. The second-order valence-electron chi connectivity index (χ2n) is 4.92. The lowest BCUT2D eigenvalue weighted by Gasteiger charge is -2.30. The number of likely N-dealkylation sites (N-methyl/N-ethyl adjacent to an activating group) is 1. The molecule has 1 aromatic heterocycles. The number of ether oxygens (including phenoxy) is 1. The van der Waals surface area contributed by atoms with Crippen LogP contribution in [0.1, 0.15) is 11.3 Å². The lowest BCUT2D eigenvalue weighted by molar-refractivity contribution is -0.0281. The molecule has 0 radical (unpaired) electrons. The molecule has 0 saturated carbocycles. The number of pyridine rings is 1. The van der Waals surface area contributed by atoms with Crippen molar-refractivity contribution in [1.82, 2.24) is 9.47 Å². The topological polar surface area (TPSA) is 60.5 Å². The Labute approximate surface area is 118 Å².